The highest BCUT2D eigenvalue weighted by Gasteiger charge is 2.52. The van der Waals surface area contributed by atoms with Gasteiger partial charge in [-0.2, -0.15) is 0 Å². The third kappa shape index (κ3) is 2.02. The molecule has 1 aliphatic rings. The molecule has 0 N–H and O–H groups in total. The first-order valence-corrected chi connectivity index (χ1v) is 6.27. The Morgan fingerprint density at radius 1 is 1.58 bits per heavy atom. The van der Waals surface area contributed by atoms with Crippen molar-refractivity contribution in [2.75, 3.05) is 0 Å². The van der Waals surface area contributed by atoms with E-state index in [1.807, 2.05) is 6.92 Å². The van der Waals surface area contributed by atoms with E-state index in [-0.39, 0.29) is 0 Å². The predicted molar refractivity (Wildman–Crippen MR) is 50.8 cm³/mol. The van der Waals surface area contributed by atoms with Crippen molar-refractivity contribution in [2.45, 2.75) is 37.4 Å². The highest BCUT2D eigenvalue weighted by molar-refractivity contribution is 8.15. The molecule has 1 rings (SSSR count). The van der Waals surface area contributed by atoms with Crippen molar-refractivity contribution < 1.29 is 8.42 Å². The lowest BCUT2D eigenvalue weighted by Crippen LogP contribution is -2.17. The summed E-state index contributed by atoms with van der Waals surface area (Å²) in [7, 11) is 1.96. The van der Waals surface area contributed by atoms with Crippen LogP contribution in [0, 0.1) is 0 Å². The summed E-state index contributed by atoms with van der Waals surface area (Å²) in [5.74, 6) is 0. The van der Waals surface area contributed by atoms with Crippen LogP contribution in [0.15, 0.2) is 12.2 Å². The summed E-state index contributed by atoms with van der Waals surface area (Å²) in [4.78, 5) is 0. The van der Waals surface area contributed by atoms with Gasteiger partial charge < -0.3 is 0 Å². The quantitative estimate of drug-likeness (QED) is 0.526. The van der Waals surface area contributed by atoms with Crippen molar-refractivity contribution in [1.29, 1.82) is 0 Å². The molecule has 1 fully saturated rings. The zero-order valence-corrected chi connectivity index (χ0v) is 8.71. The van der Waals surface area contributed by atoms with Crippen molar-refractivity contribution in [1.82, 2.24) is 0 Å². The van der Waals surface area contributed by atoms with Crippen LogP contribution in [-0.4, -0.2) is 13.2 Å². The summed E-state index contributed by atoms with van der Waals surface area (Å²) in [6.45, 7) is 5.63. The average molecular weight is 209 g/mol. The van der Waals surface area contributed by atoms with Crippen LogP contribution >= 0.6 is 10.7 Å². The van der Waals surface area contributed by atoms with Gasteiger partial charge in [0.2, 0.25) is 9.05 Å². The van der Waals surface area contributed by atoms with Crippen molar-refractivity contribution in [2.24, 2.45) is 0 Å². The lowest BCUT2D eigenvalue weighted by atomic mass is 10.1. The maximum absolute atomic E-state index is 11.1. The summed E-state index contributed by atoms with van der Waals surface area (Å²) < 4.78 is 21.5. The molecule has 0 radical (unpaired) electrons. The average Bonchev–Trinajstić information content (AvgIpc) is 2.60. The van der Waals surface area contributed by atoms with E-state index in [1.165, 1.54) is 0 Å². The fraction of sp³-hybridized carbons (Fsp3) is 0.750. The van der Waals surface area contributed by atoms with E-state index in [2.05, 4.69) is 6.58 Å². The number of rotatable bonds is 4. The Kier molecular flexibility index (Phi) is 2.55. The van der Waals surface area contributed by atoms with Gasteiger partial charge in [0.25, 0.3) is 0 Å². The van der Waals surface area contributed by atoms with Crippen LogP contribution in [-0.2, 0) is 9.05 Å². The Balaban J connectivity index is 2.58. The molecule has 0 amide bonds. The van der Waals surface area contributed by atoms with Crippen LogP contribution in [0.25, 0.3) is 0 Å². The van der Waals surface area contributed by atoms with E-state index >= 15 is 0 Å². The summed E-state index contributed by atoms with van der Waals surface area (Å²) >= 11 is 0. The first-order valence-electron chi connectivity index (χ1n) is 3.96. The molecule has 0 spiro atoms. The van der Waals surface area contributed by atoms with Gasteiger partial charge in [0.15, 0.2) is 0 Å². The topological polar surface area (TPSA) is 34.1 Å². The molecule has 0 aliphatic heterocycles. The van der Waals surface area contributed by atoms with Gasteiger partial charge in [-0.3, -0.25) is 0 Å². The second-order valence-electron chi connectivity index (χ2n) is 3.58. The normalized spacial score (nSPS) is 20.5. The van der Waals surface area contributed by atoms with Crippen LogP contribution < -0.4 is 0 Å². The zero-order valence-electron chi connectivity index (χ0n) is 7.14. The van der Waals surface area contributed by atoms with Crippen LogP contribution in [0.5, 0.6) is 0 Å². The Morgan fingerprint density at radius 2 is 2.08 bits per heavy atom. The van der Waals surface area contributed by atoms with Gasteiger partial charge in [-0.15, -0.1) is 6.58 Å². The first-order chi connectivity index (χ1) is 5.37. The van der Waals surface area contributed by atoms with Crippen LogP contribution in [0.1, 0.15) is 32.6 Å². The number of allylic oxidation sites excluding steroid dienone is 1. The van der Waals surface area contributed by atoms with Crippen LogP contribution in [0.3, 0.4) is 0 Å². The fourth-order valence-electron chi connectivity index (χ4n) is 1.20. The molecule has 70 valence electrons. The predicted octanol–water partition coefficient (Wildman–Crippen LogP) is 2.44. The molecule has 0 heterocycles. The summed E-state index contributed by atoms with van der Waals surface area (Å²) in [5, 5.41) is 0. The number of hydrogen-bond acceptors (Lipinski definition) is 2. The van der Waals surface area contributed by atoms with Gasteiger partial charge in [0, 0.05) is 10.7 Å². The maximum atomic E-state index is 11.1. The first kappa shape index (κ1) is 10.1. The SMILES string of the molecule is C=C(C)CCC1(S(=O)(=O)Cl)CC1. The van der Waals surface area contributed by atoms with Crippen molar-refractivity contribution in [3.63, 3.8) is 0 Å². The Bertz CT molecular complexity index is 288. The highest BCUT2D eigenvalue weighted by atomic mass is 35.7. The molecular weight excluding hydrogens is 196 g/mol. The molecule has 0 aromatic heterocycles. The molecule has 4 heteroatoms. The highest BCUT2D eigenvalue weighted by Crippen LogP contribution is 2.49. The van der Waals surface area contributed by atoms with Gasteiger partial charge >= 0.3 is 0 Å². The van der Waals surface area contributed by atoms with Crippen molar-refractivity contribution in [3.8, 4) is 0 Å². The number of hydrogen-bond donors (Lipinski definition) is 0. The Morgan fingerprint density at radius 3 is 2.33 bits per heavy atom. The molecule has 1 saturated carbocycles. The minimum Gasteiger partial charge on any atom is -0.212 e. The third-order valence-corrected chi connectivity index (χ3v) is 4.96. The van der Waals surface area contributed by atoms with Crippen molar-refractivity contribution in [3.05, 3.63) is 12.2 Å². The fourth-order valence-corrected chi connectivity index (χ4v) is 2.83. The second kappa shape index (κ2) is 3.04. The van der Waals surface area contributed by atoms with E-state index in [0.717, 1.165) is 12.0 Å². The van der Waals surface area contributed by atoms with Gasteiger partial charge in [-0.05, 0) is 32.6 Å². The van der Waals surface area contributed by atoms with E-state index in [1.54, 1.807) is 0 Å². The van der Waals surface area contributed by atoms with E-state index < -0.39 is 13.8 Å². The molecule has 1 aliphatic carbocycles. The summed E-state index contributed by atoms with van der Waals surface area (Å²) in [5.41, 5.74) is 1.02. The Hall–Kier alpha value is -0.0200. The monoisotopic (exact) mass is 208 g/mol. The third-order valence-electron chi connectivity index (χ3n) is 2.33. The molecule has 0 atom stereocenters. The molecule has 12 heavy (non-hydrogen) atoms. The van der Waals surface area contributed by atoms with Crippen LogP contribution in [0.2, 0.25) is 0 Å². The molecule has 0 saturated heterocycles. The lowest BCUT2D eigenvalue weighted by Gasteiger charge is -2.09. The van der Waals surface area contributed by atoms with Crippen molar-refractivity contribution >= 4 is 19.7 Å². The van der Waals surface area contributed by atoms with E-state index in [4.69, 9.17) is 10.7 Å². The Labute approximate surface area is 78.0 Å². The largest absolute Gasteiger partial charge is 0.238 e. The number of halogens is 1. The van der Waals surface area contributed by atoms with Gasteiger partial charge in [0.05, 0.1) is 4.75 Å². The molecule has 0 bridgehead atoms. The van der Waals surface area contributed by atoms with Gasteiger partial charge in [-0.25, -0.2) is 8.42 Å². The minimum absolute atomic E-state index is 0.604. The van der Waals surface area contributed by atoms with E-state index in [9.17, 15) is 8.42 Å². The summed E-state index contributed by atoms with van der Waals surface area (Å²) in [6.07, 6.45) is 2.82. The summed E-state index contributed by atoms with van der Waals surface area (Å²) in [6, 6.07) is 0. The lowest BCUT2D eigenvalue weighted by molar-refractivity contribution is 0.582. The van der Waals surface area contributed by atoms with Gasteiger partial charge in [0.1, 0.15) is 0 Å². The zero-order chi connectivity index (χ0) is 9.41. The maximum Gasteiger partial charge on any atom is 0.238 e. The molecular formula is C8H13ClO2S. The molecule has 0 aromatic carbocycles. The molecule has 0 unspecified atom stereocenters. The van der Waals surface area contributed by atoms with Gasteiger partial charge in [-0.1, -0.05) is 5.57 Å². The van der Waals surface area contributed by atoms with Crippen LogP contribution in [0.4, 0.5) is 0 Å². The smallest absolute Gasteiger partial charge is 0.212 e. The molecule has 2 nitrogen and oxygen atoms in total. The molecule has 0 aromatic rings. The minimum atomic E-state index is -3.36. The van der Waals surface area contributed by atoms with E-state index in [0.29, 0.717) is 19.3 Å². The second-order valence-corrected chi connectivity index (χ2v) is 6.54. The standard InChI is InChI=1S/C8H13ClO2S/c1-7(2)3-4-8(5-6-8)12(9,10)11/h1,3-6H2,2H3.